The van der Waals surface area contributed by atoms with Crippen LogP contribution in [0.2, 0.25) is 0 Å². The number of carbonyl (C=O) groups is 1. The highest BCUT2D eigenvalue weighted by molar-refractivity contribution is 5.76. The van der Waals surface area contributed by atoms with Crippen LogP contribution in [0, 0.1) is 5.41 Å². The predicted molar refractivity (Wildman–Crippen MR) is 75.5 cm³/mol. The van der Waals surface area contributed by atoms with Crippen molar-refractivity contribution >= 4 is 5.97 Å². The highest BCUT2D eigenvalue weighted by Crippen LogP contribution is 2.38. The third-order valence-electron chi connectivity index (χ3n) is 4.17. The van der Waals surface area contributed by atoms with Gasteiger partial charge in [0.1, 0.15) is 6.10 Å². The van der Waals surface area contributed by atoms with Crippen molar-refractivity contribution in [1.82, 2.24) is 0 Å². The molecule has 3 nitrogen and oxygen atoms in total. The molecule has 0 aromatic heterocycles. The summed E-state index contributed by atoms with van der Waals surface area (Å²) in [4.78, 5) is 12.2. The number of esters is 1. The molecule has 0 amide bonds. The normalized spacial score (nSPS) is 22.7. The van der Waals surface area contributed by atoms with Crippen LogP contribution < -0.4 is 5.73 Å². The van der Waals surface area contributed by atoms with Crippen LogP contribution in [0.15, 0.2) is 24.3 Å². The van der Waals surface area contributed by atoms with E-state index >= 15 is 0 Å². The number of fused-ring (bicyclic) bond motifs is 1. The van der Waals surface area contributed by atoms with Gasteiger partial charge in [-0.05, 0) is 44.2 Å². The maximum absolute atomic E-state index is 12.2. The van der Waals surface area contributed by atoms with Crippen LogP contribution in [0.1, 0.15) is 63.3 Å². The average molecular weight is 261 g/mol. The Morgan fingerprint density at radius 2 is 1.95 bits per heavy atom. The molecule has 0 heterocycles. The van der Waals surface area contributed by atoms with Gasteiger partial charge in [0.25, 0.3) is 0 Å². The smallest absolute Gasteiger partial charge is 0.312 e. The molecular weight excluding hydrogens is 238 g/mol. The molecule has 1 aromatic carbocycles. The van der Waals surface area contributed by atoms with E-state index in [2.05, 4.69) is 0 Å². The Hall–Kier alpha value is -1.35. The van der Waals surface area contributed by atoms with Gasteiger partial charge >= 0.3 is 5.97 Å². The molecule has 1 aliphatic carbocycles. The standard InChI is InChI=1S/C16H23NO2/c1-4-16(2,3)15(18)19-14-10-9-13(17)11-7-5-6-8-12(11)14/h5-8,13-14H,4,9-10,17H2,1-3H3. The van der Waals surface area contributed by atoms with Gasteiger partial charge in [-0.2, -0.15) is 0 Å². The third-order valence-corrected chi connectivity index (χ3v) is 4.17. The molecule has 3 heteroatoms. The second kappa shape index (κ2) is 5.33. The fraction of sp³-hybridized carbons (Fsp3) is 0.562. The molecule has 2 N–H and O–H groups in total. The lowest BCUT2D eigenvalue weighted by Gasteiger charge is -2.31. The number of nitrogens with two attached hydrogens (primary N) is 1. The van der Waals surface area contributed by atoms with Crippen LogP contribution in [0.25, 0.3) is 0 Å². The van der Waals surface area contributed by atoms with Gasteiger partial charge in [0.15, 0.2) is 0 Å². The van der Waals surface area contributed by atoms with Crippen LogP contribution in [0.5, 0.6) is 0 Å². The van der Waals surface area contributed by atoms with E-state index in [-0.39, 0.29) is 18.1 Å². The largest absolute Gasteiger partial charge is 0.457 e. The molecule has 2 atom stereocenters. The summed E-state index contributed by atoms with van der Waals surface area (Å²) in [7, 11) is 0. The van der Waals surface area contributed by atoms with E-state index in [1.807, 2.05) is 45.0 Å². The zero-order valence-electron chi connectivity index (χ0n) is 12.0. The molecule has 0 fully saturated rings. The number of ether oxygens (including phenoxy) is 1. The Balaban J connectivity index is 2.20. The van der Waals surface area contributed by atoms with Crippen molar-refractivity contribution in [2.75, 3.05) is 0 Å². The minimum Gasteiger partial charge on any atom is -0.457 e. The first kappa shape index (κ1) is 14.1. The fourth-order valence-electron chi connectivity index (χ4n) is 2.34. The van der Waals surface area contributed by atoms with Crippen molar-refractivity contribution in [3.05, 3.63) is 35.4 Å². The molecule has 0 radical (unpaired) electrons. The summed E-state index contributed by atoms with van der Waals surface area (Å²) >= 11 is 0. The summed E-state index contributed by atoms with van der Waals surface area (Å²) in [6, 6.07) is 8.07. The highest BCUT2D eigenvalue weighted by Gasteiger charge is 2.33. The SMILES string of the molecule is CCC(C)(C)C(=O)OC1CCC(N)c2ccccc21. The summed E-state index contributed by atoms with van der Waals surface area (Å²) in [5.74, 6) is -0.120. The van der Waals surface area contributed by atoms with Crippen molar-refractivity contribution in [2.45, 2.75) is 52.2 Å². The minimum absolute atomic E-state index is 0.0605. The number of benzene rings is 1. The van der Waals surface area contributed by atoms with Gasteiger partial charge in [-0.15, -0.1) is 0 Å². The Bertz CT molecular complexity index is 468. The number of rotatable bonds is 3. The van der Waals surface area contributed by atoms with E-state index in [1.54, 1.807) is 0 Å². The molecule has 1 aromatic rings. The fourth-order valence-corrected chi connectivity index (χ4v) is 2.34. The Kier molecular flexibility index (Phi) is 3.95. The van der Waals surface area contributed by atoms with Crippen LogP contribution in [0.3, 0.4) is 0 Å². The van der Waals surface area contributed by atoms with E-state index < -0.39 is 5.41 Å². The lowest BCUT2D eigenvalue weighted by molar-refractivity contribution is -0.161. The van der Waals surface area contributed by atoms with Crippen molar-refractivity contribution in [3.63, 3.8) is 0 Å². The first-order chi connectivity index (χ1) is 8.95. The van der Waals surface area contributed by atoms with E-state index in [1.165, 1.54) is 0 Å². The van der Waals surface area contributed by atoms with Crippen molar-refractivity contribution in [3.8, 4) is 0 Å². The summed E-state index contributed by atoms with van der Waals surface area (Å²) in [6.07, 6.45) is 2.31. The molecule has 2 unspecified atom stereocenters. The Morgan fingerprint density at radius 3 is 2.58 bits per heavy atom. The van der Waals surface area contributed by atoms with Gasteiger partial charge in [-0.25, -0.2) is 0 Å². The summed E-state index contributed by atoms with van der Waals surface area (Å²) in [5.41, 5.74) is 7.87. The lowest BCUT2D eigenvalue weighted by Crippen LogP contribution is -2.30. The molecule has 0 saturated carbocycles. The molecule has 2 rings (SSSR count). The lowest BCUT2D eigenvalue weighted by atomic mass is 9.85. The van der Waals surface area contributed by atoms with E-state index in [0.717, 1.165) is 30.4 Å². The maximum Gasteiger partial charge on any atom is 0.312 e. The molecular formula is C16H23NO2. The summed E-state index contributed by atoms with van der Waals surface area (Å²) in [5, 5.41) is 0. The van der Waals surface area contributed by atoms with Crippen LogP contribution in [-0.2, 0) is 9.53 Å². The van der Waals surface area contributed by atoms with Gasteiger partial charge in [0.05, 0.1) is 5.41 Å². The Labute approximate surface area is 115 Å². The van der Waals surface area contributed by atoms with Crippen molar-refractivity contribution < 1.29 is 9.53 Å². The maximum atomic E-state index is 12.2. The van der Waals surface area contributed by atoms with Gasteiger partial charge < -0.3 is 10.5 Å². The molecule has 1 aliphatic rings. The predicted octanol–water partition coefficient (Wildman–Crippen LogP) is 3.50. The monoisotopic (exact) mass is 261 g/mol. The van der Waals surface area contributed by atoms with Gasteiger partial charge in [-0.1, -0.05) is 31.2 Å². The molecule has 0 spiro atoms. The zero-order valence-corrected chi connectivity index (χ0v) is 12.0. The van der Waals surface area contributed by atoms with Crippen molar-refractivity contribution in [1.29, 1.82) is 0 Å². The first-order valence-electron chi connectivity index (χ1n) is 7.01. The zero-order chi connectivity index (χ0) is 14.0. The molecule has 0 aliphatic heterocycles. The molecule has 0 bridgehead atoms. The minimum atomic E-state index is -0.422. The highest BCUT2D eigenvalue weighted by atomic mass is 16.5. The number of carbonyl (C=O) groups excluding carboxylic acids is 1. The molecule has 19 heavy (non-hydrogen) atoms. The van der Waals surface area contributed by atoms with E-state index in [0.29, 0.717) is 0 Å². The Morgan fingerprint density at radius 1 is 1.32 bits per heavy atom. The quantitative estimate of drug-likeness (QED) is 0.847. The topological polar surface area (TPSA) is 52.3 Å². The third kappa shape index (κ3) is 2.81. The number of hydrogen-bond donors (Lipinski definition) is 1. The van der Waals surface area contributed by atoms with Gasteiger partial charge in [0, 0.05) is 6.04 Å². The van der Waals surface area contributed by atoms with E-state index in [9.17, 15) is 4.79 Å². The molecule has 104 valence electrons. The first-order valence-corrected chi connectivity index (χ1v) is 7.01. The van der Waals surface area contributed by atoms with Crippen LogP contribution >= 0.6 is 0 Å². The second-order valence-corrected chi connectivity index (χ2v) is 5.94. The van der Waals surface area contributed by atoms with Gasteiger partial charge in [0.2, 0.25) is 0 Å². The summed E-state index contributed by atoms with van der Waals surface area (Å²) < 4.78 is 5.73. The van der Waals surface area contributed by atoms with Crippen molar-refractivity contribution in [2.24, 2.45) is 11.1 Å². The summed E-state index contributed by atoms with van der Waals surface area (Å²) in [6.45, 7) is 5.86. The average Bonchev–Trinajstić information content (AvgIpc) is 2.42. The van der Waals surface area contributed by atoms with Crippen LogP contribution in [-0.4, -0.2) is 5.97 Å². The number of hydrogen-bond acceptors (Lipinski definition) is 3. The second-order valence-electron chi connectivity index (χ2n) is 5.94. The molecule has 0 saturated heterocycles. The van der Waals surface area contributed by atoms with E-state index in [4.69, 9.17) is 10.5 Å². The van der Waals surface area contributed by atoms with Gasteiger partial charge in [-0.3, -0.25) is 4.79 Å². The van der Waals surface area contributed by atoms with Crippen LogP contribution in [0.4, 0.5) is 0 Å².